The number of nitrogens with two attached hydrogens (primary N) is 1. The van der Waals surface area contributed by atoms with Gasteiger partial charge >= 0.3 is 0 Å². The summed E-state index contributed by atoms with van der Waals surface area (Å²) < 4.78 is 0. The van der Waals surface area contributed by atoms with Gasteiger partial charge < -0.3 is 5.73 Å². The summed E-state index contributed by atoms with van der Waals surface area (Å²) in [4.78, 5) is 14.2. The summed E-state index contributed by atoms with van der Waals surface area (Å²) in [5.74, 6) is -0.0649. The maximum absolute atomic E-state index is 10.7. The second kappa shape index (κ2) is 4.55. The molecule has 0 heterocycles. The number of hydrogen-bond donors (Lipinski definition) is 2. The van der Waals surface area contributed by atoms with Crippen LogP contribution in [0.5, 0.6) is 0 Å². The Morgan fingerprint density at radius 3 is 2.90 bits per heavy atom. The lowest BCUT2D eigenvalue weighted by molar-refractivity contribution is -0.118. The number of hydrogen-bond acceptors (Lipinski definition) is 2. The molecular weight excluding hydrogens is 130 g/mol. The normalized spacial score (nSPS) is 10.7. The summed E-state index contributed by atoms with van der Waals surface area (Å²) in [6.45, 7) is 3.39. The molecule has 0 bridgehead atoms. The number of aliphatic imine (C=N–C) groups is 1. The molecule has 0 rings (SSSR count). The van der Waals surface area contributed by atoms with Crippen LogP contribution in [0.4, 0.5) is 0 Å². The van der Waals surface area contributed by atoms with Crippen molar-refractivity contribution >= 4 is 11.9 Å². The standard InChI is InChI=1S/C6H11N3O/c1-3-4-5(10)9-6(7)8-2/h3H,1,4H2,2H3,(H3,7,8,9,10). The molecule has 3 N–H and O–H groups in total. The first-order chi connectivity index (χ1) is 4.70. The van der Waals surface area contributed by atoms with Crippen LogP contribution in [-0.2, 0) is 4.79 Å². The van der Waals surface area contributed by atoms with E-state index in [1.165, 1.54) is 13.1 Å². The Morgan fingerprint density at radius 1 is 1.90 bits per heavy atom. The van der Waals surface area contributed by atoms with Gasteiger partial charge in [0.05, 0.1) is 0 Å². The zero-order chi connectivity index (χ0) is 7.98. The van der Waals surface area contributed by atoms with Crippen LogP contribution in [0, 0.1) is 0 Å². The molecule has 0 unspecified atom stereocenters. The molecule has 0 atom stereocenters. The molecular formula is C6H11N3O. The van der Waals surface area contributed by atoms with E-state index in [0.29, 0.717) is 0 Å². The molecule has 4 nitrogen and oxygen atoms in total. The number of carbonyl (C=O) groups is 1. The fourth-order valence-electron chi connectivity index (χ4n) is 0.381. The van der Waals surface area contributed by atoms with E-state index in [1.807, 2.05) is 0 Å². The van der Waals surface area contributed by atoms with E-state index in [2.05, 4.69) is 16.9 Å². The summed E-state index contributed by atoms with van der Waals surface area (Å²) in [6, 6.07) is 0. The number of rotatable bonds is 2. The van der Waals surface area contributed by atoms with Crippen molar-refractivity contribution in [2.24, 2.45) is 10.7 Å². The van der Waals surface area contributed by atoms with E-state index in [1.54, 1.807) is 0 Å². The lowest BCUT2D eigenvalue weighted by Gasteiger charge is -1.98. The van der Waals surface area contributed by atoms with Gasteiger partial charge in [0.2, 0.25) is 5.91 Å². The van der Waals surface area contributed by atoms with Crippen LogP contribution in [0.15, 0.2) is 17.6 Å². The number of carbonyl (C=O) groups excluding carboxylic acids is 1. The minimum absolute atomic E-state index is 0.131. The average Bonchev–Trinajstić information content (AvgIpc) is 1.88. The van der Waals surface area contributed by atoms with Gasteiger partial charge in [-0.3, -0.25) is 15.1 Å². The minimum atomic E-state index is -0.196. The van der Waals surface area contributed by atoms with Gasteiger partial charge in [-0.2, -0.15) is 0 Å². The van der Waals surface area contributed by atoms with Crippen molar-refractivity contribution in [1.29, 1.82) is 0 Å². The number of amides is 1. The smallest absolute Gasteiger partial charge is 0.230 e. The molecule has 10 heavy (non-hydrogen) atoms. The van der Waals surface area contributed by atoms with Gasteiger partial charge in [0.1, 0.15) is 0 Å². The first-order valence-electron chi connectivity index (χ1n) is 2.83. The van der Waals surface area contributed by atoms with Crippen LogP contribution in [0.2, 0.25) is 0 Å². The number of guanidine groups is 1. The van der Waals surface area contributed by atoms with Gasteiger partial charge in [0.15, 0.2) is 5.96 Å². The van der Waals surface area contributed by atoms with E-state index >= 15 is 0 Å². The molecule has 4 heteroatoms. The summed E-state index contributed by atoms with van der Waals surface area (Å²) in [5, 5.41) is 2.35. The zero-order valence-corrected chi connectivity index (χ0v) is 5.92. The zero-order valence-electron chi connectivity index (χ0n) is 5.92. The molecule has 0 saturated heterocycles. The van der Waals surface area contributed by atoms with Crippen molar-refractivity contribution < 1.29 is 4.79 Å². The summed E-state index contributed by atoms with van der Waals surface area (Å²) in [6.07, 6.45) is 1.76. The van der Waals surface area contributed by atoms with E-state index in [9.17, 15) is 4.79 Å². The molecule has 56 valence electrons. The van der Waals surface area contributed by atoms with Crippen molar-refractivity contribution in [1.82, 2.24) is 5.32 Å². The Morgan fingerprint density at radius 2 is 2.50 bits per heavy atom. The second-order valence-corrected chi connectivity index (χ2v) is 1.65. The van der Waals surface area contributed by atoms with Gasteiger partial charge in [-0.05, 0) is 0 Å². The van der Waals surface area contributed by atoms with Crippen LogP contribution in [-0.4, -0.2) is 18.9 Å². The molecule has 0 aliphatic rings. The maximum atomic E-state index is 10.7. The topological polar surface area (TPSA) is 67.5 Å². The van der Waals surface area contributed by atoms with Crippen molar-refractivity contribution in [3.63, 3.8) is 0 Å². The highest BCUT2D eigenvalue weighted by Gasteiger charge is 1.96. The molecule has 1 amide bonds. The van der Waals surface area contributed by atoms with Gasteiger partial charge in [-0.1, -0.05) is 6.08 Å². The molecule has 0 aliphatic heterocycles. The molecule has 0 aromatic rings. The number of nitrogens with zero attached hydrogens (tertiary/aromatic N) is 1. The van der Waals surface area contributed by atoms with Crippen LogP contribution in [0.25, 0.3) is 0 Å². The molecule has 0 spiro atoms. The highest BCUT2D eigenvalue weighted by Crippen LogP contribution is 1.77. The molecule has 0 radical (unpaired) electrons. The van der Waals surface area contributed by atoms with Gasteiger partial charge in [-0.25, -0.2) is 0 Å². The number of nitrogens with one attached hydrogen (secondary N) is 1. The Bertz CT molecular complexity index is 162. The minimum Gasteiger partial charge on any atom is -0.370 e. The van der Waals surface area contributed by atoms with E-state index in [0.717, 1.165) is 0 Å². The second-order valence-electron chi connectivity index (χ2n) is 1.65. The van der Waals surface area contributed by atoms with Crippen LogP contribution in [0.1, 0.15) is 6.42 Å². The van der Waals surface area contributed by atoms with Crippen molar-refractivity contribution in [2.75, 3.05) is 7.05 Å². The largest absolute Gasteiger partial charge is 0.370 e. The molecule has 0 aromatic heterocycles. The predicted octanol–water partition coefficient (Wildman–Crippen LogP) is -0.377. The highest BCUT2D eigenvalue weighted by atomic mass is 16.1. The molecule has 0 aliphatic carbocycles. The third kappa shape index (κ3) is 3.65. The summed E-state index contributed by atoms with van der Waals surface area (Å²) in [5.41, 5.74) is 5.19. The highest BCUT2D eigenvalue weighted by molar-refractivity contribution is 5.96. The van der Waals surface area contributed by atoms with E-state index in [4.69, 9.17) is 5.73 Å². The monoisotopic (exact) mass is 141 g/mol. The van der Waals surface area contributed by atoms with Crippen molar-refractivity contribution in [2.45, 2.75) is 6.42 Å². The maximum Gasteiger partial charge on any atom is 0.230 e. The lowest BCUT2D eigenvalue weighted by atomic mass is 10.4. The van der Waals surface area contributed by atoms with E-state index in [-0.39, 0.29) is 18.3 Å². The summed E-state index contributed by atoms with van der Waals surface area (Å²) in [7, 11) is 1.50. The molecule has 0 aromatic carbocycles. The first-order valence-corrected chi connectivity index (χ1v) is 2.83. The van der Waals surface area contributed by atoms with Gasteiger partial charge in [-0.15, -0.1) is 6.58 Å². The van der Waals surface area contributed by atoms with Crippen molar-refractivity contribution in [3.05, 3.63) is 12.7 Å². The fourth-order valence-corrected chi connectivity index (χ4v) is 0.381. The Balaban J connectivity index is 3.68. The lowest BCUT2D eigenvalue weighted by Crippen LogP contribution is -2.36. The fraction of sp³-hybridized carbons (Fsp3) is 0.333. The first kappa shape index (κ1) is 8.68. The van der Waals surface area contributed by atoms with Crippen LogP contribution in [0.3, 0.4) is 0 Å². The molecule has 0 saturated carbocycles. The Hall–Kier alpha value is -1.32. The SMILES string of the molecule is C=CCC(=O)NC(N)=NC. The van der Waals surface area contributed by atoms with Gasteiger partial charge in [0.25, 0.3) is 0 Å². The van der Waals surface area contributed by atoms with Gasteiger partial charge in [0, 0.05) is 13.5 Å². The third-order valence-electron chi connectivity index (χ3n) is 0.838. The summed E-state index contributed by atoms with van der Waals surface area (Å²) >= 11 is 0. The third-order valence-corrected chi connectivity index (χ3v) is 0.838. The van der Waals surface area contributed by atoms with Crippen LogP contribution >= 0.6 is 0 Å². The Labute approximate surface area is 59.8 Å². The van der Waals surface area contributed by atoms with E-state index < -0.39 is 0 Å². The van der Waals surface area contributed by atoms with Crippen LogP contribution < -0.4 is 11.1 Å². The predicted molar refractivity (Wildman–Crippen MR) is 40.5 cm³/mol. The Kier molecular flexibility index (Phi) is 3.95. The quantitative estimate of drug-likeness (QED) is 0.313. The average molecular weight is 141 g/mol. The van der Waals surface area contributed by atoms with Crippen molar-refractivity contribution in [3.8, 4) is 0 Å². The molecule has 0 fully saturated rings.